The van der Waals surface area contributed by atoms with Crippen molar-refractivity contribution in [3.8, 4) is 0 Å². The highest BCUT2D eigenvalue weighted by molar-refractivity contribution is 5.94. The van der Waals surface area contributed by atoms with Crippen LogP contribution in [0.4, 0.5) is 0 Å². The van der Waals surface area contributed by atoms with Gasteiger partial charge in [0.1, 0.15) is 23.5 Å². The van der Waals surface area contributed by atoms with Gasteiger partial charge in [-0.25, -0.2) is 9.59 Å². The molecule has 4 heterocycles. The van der Waals surface area contributed by atoms with Crippen LogP contribution in [0.25, 0.3) is 0 Å². The Hall–Kier alpha value is -4.04. The molecule has 6 rings (SSSR count). The molecular formula is C54H80N2O15. The molecule has 71 heavy (non-hydrogen) atoms. The summed E-state index contributed by atoms with van der Waals surface area (Å²) in [6.45, 7) is 20.7. The fourth-order valence-electron chi connectivity index (χ4n) is 11.2. The van der Waals surface area contributed by atoms with Gasteiger partial charge >= 0.3 is 17.9 Å². The van der Waals surface area contributed by atoms with Crippen LogP contribution in [0.1, 0.15) is 123 Å². The quantitative estimate of drug-likeness (QED) is 0.0937. The van der Waals surface area contributed by atoms with Gasteiger partial charge in [0.05, 0.1) is 59.2 Å². The smallest absolute Gasteiger partial charge is 0.338 e. The highest BCUT2D eigenvalue weighted by Gasteiger charge is 2.56. The minimum Gasteiger partial charge on any atom is -0.456 e. The van der Waals surface area contributed by atoms with Crippen LogP contribution in [0.3, 0.4) is 0 Å². The third kappa shape index (κ3) is 12.7. The second kappa shape index (κ2) is 23.4. The summed E-state index contributed by atoms with van der Waals surface area (Å²) in [6.07, 6.45) is -8.00. The summed E-state index contributed by atoms with van der Waals surface area (Å²) in [6, 6.07) is 17.1. The van der Waals surface area contributed by atoms with E-state index in [1.807, 2.05) is 86.5 Å². The van der Waals surface area contributed by atoms with E-state index in [1.54, 1.807) is 76.6 Å². The average molecular weight is 997 g/mol. The summed E-state index contributed by atoms with van der Waals surface area (Å²) in [4.78, 5) is 44.3. The molecule has 0 amide bonds. The first-order chi connectivity index (χ1) is 33.5. The molecule has 17 nitrogen and oxygen atoms in total. The number of nitrogens with zero attached hydrogens (tertiary/aromatic N) is 2. The summed E-state index contributed by atoms with van der Waals surface area (Å²) >= 11 is 0. The van der Waals surface area contributed by atoms with Crippen LogP contribution in [0, 0.1) is 23.7 Å². The Kier molecular flexibility index (Phi) is 18.6. The minimum absolute atomic E-state index is 0.0888. The average Bonchev–Trinajstić information content (AvgIpc) is 3.34. The summed E-state index contributed by atoms with van der Waals surface area (Å²) in [5.41, 5.74) is -1.39. The number of benzene rings is 2. The van der Waals surface area contributed by atoms with Gasteiger partial charge in [-0.3, -0.25) is 4.79 Å². The van der Waals surface area contributed by atoms with Gasteiger partial charge in [0, 0.05) is 32.5 Å². The molecule has 1 N–H and O–H groups in total. The summed E-state index contributed by atoms with van der Waals surface area (Å²) in [7, 11) is 7.01. The highest BCUT2D eigenvalue weighted by atomic mass is 16.7. The number of fused-ring (bicyclic) bond motifs is 2. The number of methoxy groups -OCH3 is 2. The first-order valence-corrected chi connectivity index (χ1v) is 25.2. The molecule has 4 aliphatic heterocycles. The van der Waals surface area contributed by atoms with Gasteiger partial charge in [0.15, 0.2) is 30.6 Å². The molecule has 2 aromatic rings. The van der Waals surface area contributed by atoms with Gasteiger partial charge in [0.25, 0.3) is 0 Å². The molecule has 4 saturated heterocycles. The monoisotopic (exact) mass is 997 g/mol. The lowest BCUT2D eigenvalue weighted by Crippen LogP contribution is -2.62. The molecule has 4 aliphatic rings. The Balaban J connectivity index is 1.46. The van der Waals surface area contributed by atoms with E-state index in [1.165, 1.54) is 0 Å². The predicted molar refractivity (Wildman–Crippen MR) is 262 cm³/mol. The van der Waals surface area contributed by atoms with Crippen LogP contribution in [0.5, 0.6) is 0 Å². The van der Waals surface area contributed by atoms with Gasteiger partial charge in [-0.15, -0.1) is 0 Å². The molecular weight excluding hydrogens is 917 g/mol. The Morgan fingerprint density at radius 1 is 0.761 bits per heavy atom. The first-order valence-electron chi connectivity index (χ1n) is 25.2. The Morgan fingerprint density at radius 3 is 1.89 bits per heavy atom. The van der Waals surface area contributed by atoms with Crippen molar-refractivity contribution in [1.82, 2.24) is 4.90 Å². The maximum atomic E-state index is 14.9. The molecule has 0 radical (unpaired) electrons. The molecule has 2 unspecified atom stereocenters. The number of rotatable bonds is 12. The maximum absolute atomic E-state index is 14.9. The fourth-order valence-corrected chi connectivity index (χ4v) is 11.2. The molecule has 0 spiro atoms. The normalized spacial score (nSPS) is 39.8. The Morgan fingerprint density at radius 2 is 1.34 bits per heavy atom. The number of esters is 3. The molecule has 396 valence electrons. The zero-order chi connectivity index (χ0) is 52.2. The number of likely N-dealkylation sites (N-methyl/N-ethyl adjacent to an activating group) is 1. The van der Waals surface area contributed by atoms with Gasteiger partial charge < -0.3 is 62.2 Å². The molecule has 2 aromatic carbocycles. The standard InChI is InChI=1S/C54H80N2O15/c1-16-39-41(55-60)44-32(4)42(70-52(8,9)71-44)30(2)28-53(10,61-14)46(69-51-45(38(56(12)13)27-31(3)63-51)67-49(58)36-23-19-17-20-24-36)33(5)43(34(6)48(57)65-39)66-40-29-54(11,62-15)47(35(7)64-40)68-50(59)37-25-21-18-22-26-37/h17-26,30-35,38-40,42-47,51,60H,16,27-29H2,1-15H3/b55-41-/t30-,31-,32+,33+,34-,35+,38+,39-,40?,42+,43+,44-,45-,46-,47+,51?,53+,54-/m1/s1. The summed E-state index contributed by atoms with van der Waals surface area (Å²) in [5, 5.41) is 14.4. The highest BCUT2D eigenvalue weighted by Crippen LogP contribution is 2.45. The van der Waals surface area contributed by atoms with Gasteiger partial charge in [-0.1, -0.05) is 69.2 Å². The topological polar surface area (TPSA) is 189 Å². The second-order valence-electron chi connectivity index (χ2n) is 21.2. The van der Waals surface area contributed by atoms with Crippen molar-refractivity contribution in [3.63, 3.8) is 0 Å². The number of hydrogen-bond donors (Lipinski definition) is 1. The Labute approximate surface area is 420 Å². The lowest BCUT2D eigenvalue weighted by atomic mass is 9.74. The van der Waals surface area contributed by atoms with E-state index in [2.05, 4.69) is 12.1 Å². The predicted octanol–water partition coefficient (Wildman–Crippen LogP) is 7.84. The van der Waals surface area contributed by atoms with E-state index in [9.17, 15) is 19.6 Å². The van der Waals surface area contributed by atoms with Crippen LogP contribution >= 0.6 is 0 Å². The fraction of sp³-hybridized carbons (Fsp3) is 0.704. The van der Waals surface area contributed by atoms with Crippen molar-refractivity contribution in [3.05, 3.63) is 71.8 Å². The van der Waals surface area contributed by atoms with E-state index in [0.29, 0.717) is 24.0 Å². The number of ether oxygens (including phenoxy) is 11. The third-order valence-corrected chi connectivity index (χ3v) is 15.2. The largest absolute Gasteiger partial charge is 0.456 e. The number of carbonyl (C=O) groups is 3. The summed E-state index contributed by atoms with van der Waals surface area (Å²) in [5.74, 6) is -5.25. The zero-order valence-corrected chi connectivity index (χ0v) is 44.4. The van der Waals surface area contributed by atoms with Crippen LogP contribution in [0.2, 0.25) is 0 Å². The molecule has 2 bridgehead atoms. The van der Waals surface area contributed by atoms with Crippen LogP contribution in [-0.2, 0) is 56.9 Å². The second-order valence-corrected chi connectivity index (χ2v) is 21.2. The number of carbonyl (C=O) groups excluding carboxylic acids is 3. The van der Waals surface area contributed by atoms with Crippen molar-refractivity contribution in [1.29, 1.82) is 0 Å². The van der Waals surface area contributed by atoms with E-state index in [0.717, 1.165) is 0 Å². The molecule has 0 aromatic heterocycles. The van der Waals surface area contributed by atoms with E-state index in [4.69, 9.17) is 52.1 Å². The lowest BCUT2D eigenvalue weighted by molar-refractivity contribution is -0.326. The SMILES string of the molecule is CC[C@H]1OC(=O)[C@H](C)[C@@H](OC2C[C@@](C)(OC)[C@@H](OC(=O)c3ccccc3)[C@H](C)O2)[C@H](C)[C@@H](OC2O[C@H](C)C[C@H](N(C)C)[C@H]2OC(=O)c2ccccc2)[C@@](C)(OC)C[C@@H](C)[C@@H]2OC(C)(C)O[C@@H](/C1=N\O)[C@H]2C. The maximum Gasteiger partial charge on any atom is 0.338 e. The molecule has 0 saturated carbocycles. The number of oxime groups is 1. The first kappa shape index (κ1) is 56.3. The summed E-state index contributed by atoms with van der Waals surface area (Å²) < 4.78 is 72.7. The zero-order valence-electron chi connectivity index (χ0n) is 44.4. The molecule has 17 heteroatoms. The number of hydrogen-bond acceptors (Lipinski definition) is 17. The van der Waals surface area contributed by atoms with Gasteiger partial charge in [-0.05, 0) is 112 Å². The van der Waals surface area contributed by atoms with Crippen LogP contribution in [-0.4, -0.2) is 153 Å². The van der Waals surface area contributed by atoms with E-state index in [-0.39, 0.29) is 42.5 Å². The molecule has 18 atom stereocenters. The van der Waals surface area contributed by atoms with Crippen molar-refractivity contribution in [2.45, 2.75) is 192 Å². The van der Waals surface area contributed by atoms with Crippen LogP contribution < -0.4 is 0 Å². The molecule has 0 aliphatic carbocycles. The van der Waals surface area contributed by atoms with Crippen molar-refractivity contribution < 1.29 is 71.7 Å². The van der Waals surface area contributed by atoms with E-state index >= 15 is 0 Å². The van der Waals surface area contributed by atoms with Crippen molar-refractivity contribution >= 4 is 23.6 Å². The van der Waals surface area contributed by atoms with Crippen molar-refractivity contribution in [2.75, 3.05) is 28.3 Å². The lowest BCUT2D eigenvalue weighted by Gasteiger charge is -2.52. The minimum atomic E-state index is -1.20. The van der Waals surface area contributed by atoms with Gasteiger partial charge in [-0.2, -0.15) is 0 Å². The van der Waals surface area contributed by atoms with E-state index < -0.39 is 108 Å². The van der Waals surface area contributed by atoms with Gasteiger partial charge in [0.2, 0.25) is 0 Å². The number of cyclic esters (lactones) is 1. The van der Waals surface area contributed by atoms with Crippen LogP contribution in [0.15, 0.2) is 65.8 Å². The van der Waals surface area contributed by atoms with Crippen molar-refractivity contribution in [2.24, 2.45) is 28.8 Å². The third-order valence-electron chi connectivity index (χ3n) is 15.2. The molecule has 4 fully saturated rings. The Bertz CT molecular complexity index is 2110.